The van der Waals surface area contributed by atoms with Gasteiger partial charge in [-0.15, -0.1) is 0 Å². The maximum absolute atomic E-state index is 11.7. The third kappa shape index (κ3) is 4.45. The average molecular weight is 308 g/mol. The second-order valence-electron chi connectivity index (χ2n) is 5.48. The van der Waals surface area contributed by atoms with Gasteiger partial charge in [-0.25, -0.2) is 4.79 Å². The fourth-order valence-corrected chi connectivity index (χ4v) is 2.63. The van der Waals surface area contributed by atoms with Gasteiger partial charge in [-0.05, 0) is 43.9 Å². The van der Waals surface area contributed by atoms with Crippen molar-refractivity contribution in [2.24, 2.45) is 0 Å². The highest BCUT2D eigenvalue weighted by atomic mass is 16.6. The molecule has 0 spiro atoms. The minimum absolute atomic E-state index is 0.114. The number of aliphatic hydroxyl groups is 1. The van der Waals surface area contributed by atoms with Crippen LogP contribution in [-0.4, -0.2) is 43.1 Å². The van der Waals surface area contributed by atoms with E-state index in [2.05, 4.69) is 0 Å². The van der Waals surface area contributed by atoms with Crippen LogP contribution in [-0.2, 0) is 20.7 Å². The number of methoxy groups -OCH3 is 1. The molecule has 1 saturated carbocycles. The van der Waals surface area contributed by atoms with Gasteiger partial charge in [0.1, 0.15) is 11.9 Å². The van der Waals surface area contributed by atoms with Crippen LogP contribution in [0, 0.1) is 0 Å². The van der Waals surface area contributed by atoms with Crippen LogP contribution in [0.25, 0.3) is 0 Å². The van der Waals surface area contributed by atoms with Gasteiger partial charge in [-0.2, -0.15) is 0 Å². The maximum Gasteiger partial charge on any atom is 0.335 e. The first-order valence-electron chi connectivity index (χ1n) is 7.77. The first-order chi connectivity index (χ1) is 10.6. The second kappa shape index (κ2) is 8.15. The summed E-state index contributed by atoms with van der Waals surface area (Å²) in [5, 5.41) is 9.77. The van der Waals surface area contributed by atoms with Crippen molar-refractivity contribution >= 4 is 5.97 Å². The summed E-state index contributed by atoms with van der Waals surface area (Å²) < 4.78 is 15.9. The normalized spacial score (nSPS) is 22.3. The molecule has 1 fully saturated rings. The lowest BCUT2D eigenvalue weighted by atomic mass is 10.1. The number of hydrogen-bond donors (Lipinski definition) is 1. The Morgan fingerprint density at radius 2 is 2.05 bits per heavy atom. The van der Waals surface area contributed by atoms with E-state index in [0.717, 1.165) is 30.6 Å². The summed E-state index contributed by atoms with van der Waals surface area (Å²) in [5.74, 6) is 0.388. The number of carbonyl (C=O) groups excluding carboxylic acids is 1. The molecule has 1 aromatic rings. The van der Waals surface area contributed by atoms with Gasteiger partial charge in [0.15, 0.2) is 6.10 Å². The molecule has 0 heterocycles. The van der Waals surface area contributed by atoms with Crippen LogP contribution in [0.2, 0.25) is 0 Å². The van der Waals surface area contributed by atoms with Crippen LogP contribution >= 0.6 is 0 Å². The lowest BCUT2D eigenvalue weighted by Gasteiger charge is -2.18. The molecule has 5 heteroatoms. The molecule has 1 aliphatic rings. The van der Waals surface area contributed by atoms with Crippen molar-refractivity contribution in [3.8, 4) is 5.75 Å². The van der Waals surface area contributed by atoms with Crippen LogP contribution in [0.1, 0.15) is 31.7 Å². The standard InChI is InChI=1S/C17H24O5/c1-3-21-17(19)16(20-2)11-12-7-9-13(10-8-12)22-15-6-4-5-14(15)18/h7-10,14-16,18H,3-6,11H2,1-2H3/t14-,15-,16+/m1/s1. The molecule has 1 N–H and O–H groups in total. The molecule has 122 valence electrons. The van der Waals surface area contributed by atoms with Crippen LogP contribution in [0.15, 0.2) is 24.3 Å². The van der Waals surface area contributed by atoms with Gasteiger partial charge in [0.25, 0.3) is 0 Å². The Morgan fingerprint density at radius 1 is 1.32 bits per heavy atom. The largest absolute Gasteiger partial charge is 0.488 e. The van der Waals surface area contributed by atoms with Gasteiger partial charge in [-0.3, -0.25) is 0 Å². The van der Waals surface area contributed by atoms with Gasteiger partial charge in [0, 0.05) is 13.5 Å². The van der Waals surface area contributed by atoms with Crippen molar-refractivity contribution in [2.45, 2.75) is 50.9 Å². The van der Waals surface area contributed by atoms with E-state index >= 15 is 0 Å². The number of hydrogen-bond acceptors (Lipinski definition) is 5. The molecule has 3 atom stereocenters. The molecule has 0 saturated heterocycles. The molecule has 0 radical (unpaired) electrons. The van der Waals surface area contributed by atoms with Gasteiger partial charge < -0.3 is 19.3 Å². The Kier molecular flexibility index (Phi) is 6.21. The fourth-order valence-electron chi connectivity index (χ4n) is 2.63. The van der Waals surface area contributed by atoms with Crippen molar-refractivity contribution in [3.05, 3.63) is 29.8 Å². The monoisotopic (exact) mass is 308 g/mol. The zero-order valence-electron chi connectivity index (χ0n) is 13.2. The van der Waals surface area contributed by atoms with Crippen LogP contribution in [0.5, 0.6) is 5.75 Å². The molecule has 0 aliphatic heterocycles. The van der Waals surface area contributed by atoms with E-state index in [0.29, 0.717) is 13.0 Å². The number of carbonyl (C=O) groups is 1. The third-order valence-corrected chi connectivity index (χ3v) is 3.88. The van der Waals surface area contributed by atoms with Gasteiger partial charge in [0.2, 0.25) is 0 Å². The molecule has 22 heavy (non-hydrogen) atoms. The molecule has 1 aromatic carbocycles. The Labute approximate surface area is 131 Å². The zero-order valence-corrected chi connectivity index (χ0v) is 13.2. The van der Waals surface area contributed by atoms with Gasteiger partial charge in [0.05, 0.1) is 12.7 Å². The van der Waals surface area contributed by atoms with E-state index in [1.807, 2.05) is 24.3 Å². The molecule has 0 aromatic heterocycles. The van der Waals surface area contributed by atoms with Gasteiger partial charge >= 0.3 is 5.97 Å². The molecular formula is C17H24O5. The summed E-state index contributed by atoms with van der Waals surface area (Å²) in [6, 6.07) is 7.53. The van der Waals surface area contributed by atoms with Crippen LogP contribution in [0.3, 0.4) is 0 Å². The molecule has 0 unspecified atom stereocenters. The van der Waals surface area contributed by atoms with Crippen molar-refractivity contribution in [1.29, 1.82) is 0 Å². The predicted molar refractivity (Wildman–Crippen MR) is 81.8 cm³/mol. The van der Waals surface area contributed by atoms with E-state index in [4.69, 9.17) is 14.2 Å². The van der Waals surface area contributed by atoms with Gasteiger partial charge in [-0.1, -0.05) is 12.1 Å². The zero-order chi connectivity index (χ0) is 15.9. The maximum atomic E-state index is 11.7. The van der Waals surface area contributed by atoms with Crippen molar-refractivity contribution in [1.82, 2.24) is 0 Å². The third-order valence-electron chi connectivity index (χ3n) is 3.88. The second-order valence-corrected chi connectivity index (χ2v) is 5.48. The fraction of sp³-hybridized carbons (Fsp3) is 0.588. The minimum Gasteiger partial charge on any atom is -0.488 e. The summed E-state index contributed by atoms with van der Waals surface area (Å²) in [6.45, 7) is 2.11. The van der Waals surface area contributed by atoms with E-state index in [9.17, 15) is 9.90 Å². The first-order valence-corrected chi connectivity index (χ1v) is 7.77. The summed E-state index contributed by atoms with van der Waals surface area (Å²) in [6.07, 6.45) is 2.07. The van der Waals surface area contributed by atoms with Crippen LogP contribution < -0.4 is 4.74 Å². The molecule has 0 amide bonds. The van der Waals surface area contributed by atoms with Crippen LogP contribution in [0.4, 0.5) is 0 Å². The number of esters is 1. The highest BCUT2D eigenvalue weighted by Gasteiger charge is 2.27. The summed E-state index contributed by atoms with van der Waals surface area (Å²) in [4.78, 5) is 11.7. The van der Waals surface area contributed by atoms with E-state index in [1.165, 1.54) is 7.11 Å². The quantitative estimate of drug-likeness (QED) is 0.782. The topological polar surface area (TPSA) is 65.0 Å². The average Bonchev–Trinajstić information content (AvgIpc) is 2.92. The Bertz CT molecular complexity index is 470. The minimum atomic E-state index is -0.594. The lowest BCUT2D eigenvalue weighted by molar-refractivity contribution is -0.154. The van der Waals surface area contributed by atoms with E-state index in [1.54, 1.807) is 6.92 Å². The number of rotatable bonds is 7. The number of ether oxygens (including phenoxy) is 3. The predicted octanol–water partition coefficient (Wildman–Crippen LogP) is 2.10. The van der Waals surface area contributed by atoms with E-state index < -0.39 is 6.10 Å². The number of aliphatic hydroxyl groups excluding tert-OH is 1. The van der Waals surface area contributed by atoms with Crippen molar-refractivity contribution in [2.75, 3.05) is 13.7 Å². The molecular weight excluding hydrogens is 284 g/mol. The Balaban J connectivity index is 1.92. The Morgan fingerprint density at radius 3 is 2.59 bits per heavy atom. The Hall–Kier alpha value is -1.59. The SMILES string of the molecule is CCOC(=O)[C@H](Cc1ccc(O[C@@H]2CCC[C@H]2O)cc1)OC. The highest BCUT2D eigenvalue weighted by Crippen LogP contribution is 2.25. The van der Waals surface area contributed by atoms with Crippen molar-refractivity contribution < 1.29 is 24.1 Å². The first kappa shape index (κ1) is 16.8. The molecule has 5 nitrogen and oxygen atoms in total. The highest BCUT2D eigenvalue weighted by molar-refractivity contribution is 5.75. The number of benzene rings is 1. The summed E-state index contributed by atoms with van der Waals surface area (Å²) in [7, 11) is 1.50. The molecule has 1 aliphatic carbocycles. The van der Waals surface area contributed by atoms with Crippen molar-refractivity contribution in [3.63, 3.8) is 0 Å². The summed E-state index contributed by atoms with van der Waals surface area (Å²) in [5.41, 5.74) is 0.972. The molecule has 0 bridgehead atoms. The smallest absolute Gasteiger partial charge is 0.335 e. The van der Waals surface area contributed by atoms with E-state index in [-0.39, 0.29) is 18.2 Å². The summed E-state index contributed by atoms with van der Waals surface area (Å²) >= 11 is 0. The molecule has 2 rings (SSSR count). The lowest BCUT2D eigenvalue weighted by Crippen LogP contribution is -2.27.